The van der Waals surface area contributed by atoms with Crippen molar-refractivity contribution in [2.24, 2.45) is 0 Å². The van der Waals surface area contributed by atoms with Crippen molar-refractivity contribution < 1.29 is 22.7 Å². The Bertz CT molecular complexity index is 1840. The standard InChI is InChI=1S/C28H23ClF3N5O3S/c1-16-33-20-14-19(8-9-22(20)36(16)13-12-35-10-2-3-11-35)37-25(38)24-21(34-27(37)40-26(39)28(30,31)32)15-23(41-24)17-4-6-18(29)7-5-17/h4-9,14-15H,2-3,10-13H2,1H3. The molecule has 1 fully saturated rings. The zero-order chi connectivity index (χ0) is 28.9. The van der Waals surface area contributed by atoms with Crippen LogP contribution in [0.2, 0.25) is 5.02 Å². The molecule has 1 saturated heterocycles. The van der Waals surface area contributed by atoms with Crippen molar-refractivity contribution in [2.75, 3.05) is 19.6 Å². The summed E-state index contributed by atoms with van der Waals surface area (Å²) < 4.78 is 47.3. The summed E-state index contributed by atoms with van der Waals surface area (Å²) in [5, 5.41) is 0.529. The molecule has 0 amide bonds. The van der Waals surface area contributed by atoms with Crippen molar-refractivity contribution in [1.29, 1.82) is 0 Å². The molecular weight excluding hydrogens is 579 g/mol. The molecule has 13 heteroatoms. The van der Waals surface area contributed by atoms with Crippen LogP contribution in [0, 0.1) is 6.92 Å². The van der Waals surface area contributed by atoms with Crippen LogP contribution in [0.4, 0.5) is 13.2 Å². The number of halogens is 4. The number of hydrogen-bond acceptors (Lipinski definition) is 7. The van der Waals surface area contributed by atoms with Gasteiger partial charge < -0.3 is 14.2 Å². The molecule has 0 spiro atoms. The van der Waals surface area contributed by atoms with E-state index >= 15 is 0 Å². The number of esters is 1. The van der Waals surface area contributed by atoms with E-state index < -0.39 is 23.7 Å². The highest BCUT2D eigenvalue weighted by molar-refractivity contribution is 7.22. The average molecular weight is 602 g/mol. The van der Waals surface area contributed by atoms with Crippen LogP contribution in [-0.4, -0.2) is 55.8 Å². The number of imidazole rings is 1. The number of rotatable bonds is 6. The van der Waals surface area contributed by atoms with E-state index in [1.54, 1.807) is 48.5 Å². The Kier molecular flexibility index (Phi) is 7.08. The molecule has 0 aliphatic carbocycles. The van der Waals surface area contributed by atoms with Gasteiger partial charge in [0.05, 0.1) is 22.2 Å². The number of carbonyl (C=O) groups is 1. The molecule has 212 valence electrons. The van der Waals surface area contributed by atoms with E-state index in [1.807, 2.05) is 6.92 Å². The van der Waals surface area contributed by atoms with E-state index in [0.717, 1.165) is 59.0 Å². The summed E-state index contributed by atoms with van der Waals surface area (Å²) in [6.07, 6.45) is -2.91. The number of nitrogens with zero attached hydrogens (tertiary/aromatic N) is 5. The summed E-state index contributed by atoms with van der Waals surface area (Å²) in [5.41, 5.74) is 1.72. The van der Waals surface area contributed by atoms with E-state index in [-0.39, 0.29) is 15.9 Å². The second-order valence-corrected chi connectivity index (χ2v) is 11.3. The van der Waals surface area contributed by atoms with Crippen LogP contribution >= 0.6 is 22.9 Å². The molecule has 1 aliphatic rings. The molecule has 41 heavy (non-hydrogen) atoms. The lowest BCUT2D eigenvalue weighted by atomic mass is 10.2. The molecule has 0 atom stereocenters. The van der Waals surface area contributed by atoms with E-state index in [2.05, 4.69) is 24.2 Å². The van der Waals surface area contributed by atoms with Crippen LogP contribution in [0.15, 0.2) is 53.3 Å². The first kappa shape index (κ1) is 27.4. The van der Waals surface area contributed by atoms with E-state index in [0.29, 0.717) is 15.4 Å². The minimum absolute atomic E-state index is 0.106. The number of aryl methyl sites for hydroxylation is 1. The fraction of sp³-hybridized carbons (Fsp3) is 0.286. The van der Waals surface area contributed by atoms with Gasteiger partial charge in [-0.25, -0.2) is 14.3 Å². The SMILES string of the molecule is Cc1nc2cc(-n3c(OC(=O)C(F)(F)F)nc4cc(-c5ccc(Cl)cc5)sc4c3=O)ccc2n1CCN1CCCC1. The summed E-state index contributed by atoms with van der Waals surface area (Å²) in [5.74, 6) is -1.71. The van der Waals surface area contributed by atoms with Crippen LogP contribution in [0.25, 0.3) is 37.4 Å². The van der Waals surface area contributed by atoms with Gasteiger partial charge in [-0.1, -0.05) is 23.7 Å². The van der Waals surface area contributed by atoms with E-state index in [9.17, 15) is 22.8 Å². The van der Waals surface area contributed by atoms with Gasteiger partial charge in [-0.3, -0.25) is 4.79 Å². The van der Waals surface area contributed by atoms with Crippen LogP contribution < -0.4 is 10.3 Å². The third-order valence-corrected chi connectivity index (χ3v) is 8.49. The maximum absolute atomic E-state index is 13.7. The smallest absolute Gasteiger partial charge is 0.385 e. The quantitative estimate of drug-likeness (QED) is 0.222. The zero-order valence-electron chi connectivity index (χ0n) is 21.7. The minimum atomic E-state index is -5.28. The molecule has 0 radical (unpaired) electrons. The first-order valence-electron chi connectivity index (χ1n) is 12.9. The molecule has 0 N–H and O–H groups in total. The van der Waals surface area contributed by atoms with Crippen LogP contribution in [0.1, 0.15) is 18.7 Å². The maximum atomic E-state index is 13.7. The van der Waals surface area contributed by atoms with E-state index in [4.69, 9.17) is 11.6 Å². The van der Waals surface area contributed by atoms with Crippen molar-refractivity contribution >= 4 is 50.2 Å². The number of carbonyl (C=O) groups excluding carboxylic acids is 1. The van der Waals surface area contributed by atoms with Crippen molar-refractivity contribution in [3.05, 3.63) is 69.7 Å². The van der Waals surface area contributed by atoms with Gasteiger partial charge in [0.2, 0.25) is 0 Å². The number of alkyl halides is 3. The molecule has 3 aromatic heterocycles. The lowest BCUT2D eigenvalue weighted by Crippen LogP contribution is -2.31. The predicted molar refractivity (Wildman–Crippen MR) is 151 cm³/mol. The lowest BCUT2D eigenvalue weighted by Gasteiger charge is -2.16. The Morgan fingerprint density at radius 3 is 2.46 bits per heavy atom. The summed E-state index contributed by atoms with van der Waals surface area (Å²) in [7, 11) is 0. The Morgan fingerprint density at radius 2 is 1.76 bits per heavy atom. The topological polar surface area (TPSA) is 82.3 Å². The number of thiophene rings is 1. The highest BCUT2D eigenvalue weighted by atomic mass is 35.5. The van der Waals surface area contributed by atoms with Gasteiger partial charge in [0, 0.05) is 23.0 Å². The third kappa shape index (κ3) is 5.34. The predicted octanol–water partition coefficient (Wildman–Crippen LogP) is 5.99. The van der Waals surface area contributed by atoms with Crippen molar-refractivity contribution in [1.82, 2.24) is 24.0 Å². The fourth-order valence-electron chi connectivity index (χ4n) is 5.06. The van der Waals surface area contributed by atoms with Gasteiger partial charge in [0.25, 0.3) is 5.56 Å². The number of hydrogen-bond donors (Lipinski definition) is 0. The second-order valence-electron chi connectivity index (χ2n) is 9.79. The molecule has 0 unspecified atom stereocenters. The van der Waals surface area contributed by atoms with Crippen LogP contribution in [0.5, 0.6) is 6.01 Å². The highest BCUT2D eigenvalue weighted by Gasteiger charge is 2.42. The Balaban J connectivity index is 1.45. The number of aromatic nitrogens is 4. The lowest BCUT2D eigenvalue weighted by molar-refractivity contribution is -0.190. The maximum Gasteiger partial charge on any atom is 0.491 e. The molecule has 6 rings (SSSR count). The Labute approximate surface area is 240 Å². The monoisotopic (exact) mass is 601 g/mol. The molecule has 0 saturated carbocycles. The van der Waals surface area contributed by atoms with Gasteiger partial charge in [0.1, 0.15) is 10.5 Å². The largest absolute Gasteiger partial charge is 0.491 e. The summed E-state index contributed by atoms with van der Waals surface area (Å²) in [6, 6.07) is 12.6. The first-order chi connectivity index (χ1) is 19.6. The summed E-state index contributed by atoms with van der Waals surface area (Å²) in [6.45, 7) is 5.61. The molecule has 1 aliphatic heterocycles. The second kappa shape index (κ2) is 10.6. The van der Waals surface area contributed by atoms with Crippen molar-refractivity contribution in [3.8, 4) is 22.1 Å². The zero-order valence-corrected chi connectivity index (χ0v) is 23.3. The van der Waals surface area contributed by atoms with E-state index in [1.165, 1.54) is 12.8 Å². The summed E-state index contributed by atoms with van der Waals surface area (Å²) >= 11 is 7.11. The number of likely N-dealkylation sites (tertiary alicyclic amines) is 1. The first-order valence-corrected chi connectivity index (χ1v) is 14.1. The van der Waals surface area contributed by atoms with Crippen molar-refractivity contribution in [3.63, 3.8) is 0 Å². The van der Waals surface area contributed by atoms with Crippen LogP contribution in [-0.2, 0) is 11.3 Å². The van der Waals surface area contributed by atoms with Gasteiger partial charge in [-0.15, -0.1) is 11.3 Å². The van der Waals surface area contributed by atoms with Crippen LogP contribution in [0.3, 0.4) is 0 Å². The molecule has 0 bridgehead atoms. The normalized spacial score (nSPS) is 14.4. The number of benzene rings is 2. The molecule has 8 nitrogen and oxygen atoms in total. The highest BCUT2D eigenvalue weighted by Crippen LogP contribution is 2.34. The fourth-order valence-corrected chi connectivity index (χ4v) is 6.22. The van der Waals surface area contributed by atoms with Gasteiger partial charge in [-0.05, 0) is 74.8 Å². The molecular formula is C28H23ClF3N5O3S. The average Bonchev–Trinajstić information content (AvgIpc) is 3.66. The summed E-state index contributed by atoms with van der Waals surface area (Å²) in [4.78, 5) is 37.4. The van der Waals surface area contributed by atoms with Crippen molar-refractivity contribution in [2.45, 2.75) is 32.5 Å². The van der Waals surface area contributed by atoms with Gasteiger partial charge >= 0.3 is 18.2 Å². The minimum Gasteiger partial charge on any atom is -0.385 e. The van der Waals surface area contributed by atoms with Gasteiger partial charge in [0.15, 0.2) is 0 Å². The number of fused-ring (bicyclic) bond motifs is 2. The third-order valence-electron chi connectivity index (χ3n) is 7.08. The molecule has 4 heterocycles. The number of ether oxygens (including phenoxy) is 1. The Morgan fingerprint density at radius 1 is 1.02 bits per heavy atom. The molecule has 5 aromatic rings. The van der Waals surface area contributed by atoms with Gasteiger partial charge in [-0.2, -0.15) is 18.2 Å². The molecule has 2 aromatic carbocycles. The Hall–Kier alpha value is -3.74.